The Morgan fingerprint density at radius 1 is 1.00 bits per heavy atom. The van der Waals surface area contributed by atoms with Gasteiger partial charge in [0.05, 0.1) is 0 Å². The van der Waals surface area contributed by atoms with Gasteiger partial charge < -0.3 is 0 Å². The Kier molecular flexibility index (Phi) is 8.31. The number of rotatable bonds is 9. The molecule has 19 heavy (non-hydrogen) atoms. The Labute approximate surface area is 127 Å². The Morgan fingerprint density at radius 2 is 1.63 bits per heavy atom. The summed E-state index contributed by atoms with van der Waals surface area (Å²) in [6, 6.07) is 2.16. The predicted octanol–water partition coefficient (Wildman–Crippen LogP) is 4.80. The second-order valence-corrected chi connectivity index (χ2v) is 18.8. The molecule has 1 aromatic rings. The van der Waals surface area contributed by atoms with Gasteiger partial charge in [-0.3, -0.25) is 0 Å². The molecule has 0 bridgehead atoms. The van der Waals surface area contributed by atoms with E-state index in [0.29, 0.717) is 5.28 Å². The van der Waals surface area contributed by atoms with Crippen LogP contribution in [0.3, 0.4) is 0 Å². The third-order valence-electron chi connectivity index (χ3n) is 3.92. The van der Waals surface area contributed by atoms with Crippen LogP contribution in [0.5, 0.6) is 0 Å². The minimum atomic E-state index is -2.34. The molecule has 1 heterocycles. The van der Waals surface area contributed by atoms with Crippen molar-refractivity contribution in [1.29, 1.82) is 0 Å². The summed E-state index contributed by atoms with van der Waals surface area (Å²) in [6.07, 6.45) is 8.40. The van der Waals surface area contributed by atoms with Crippen LogP contribution in [0, 0.1) is 0 Å². The average molecular weight is 390 g/mol. The molecule has 108 valence electrons. The molecule has 0 aliphatic carbocycles. The molecule has 2 nitrogen and oxygen atoms in total. The van der Waals surface area contributed by atoms with Crippen molar-refractivity contribution in [2.45, 2.75) is 66.2 Å². The van der Waals surface area contributed by atoms with Gasteiger partial charge in [-0.1, -0.05) is 0 Å². The molecule has 4 heteroatoms. The molecule has 0 unspecified atom stereocenters. The molecule has 0 radical (unpaired) electrons. The van der Waals surface area contributed by atoms with Crippen LogP contribution in [0.15, 0.2) is 12.3 Å². The van der Waals surface area contributed by atoms with Gasteiger partial charge in [-0.2, -0.15) is 0 Å². The van der Waals surface area contributed by atoms with Crippen LogP contribution in [0.4, 0.5) is 0 Å². The van der Waals surface area contributed by atoms with Gasteiger partial charge in [0.1, 0.15) is 0 Å². The van der Waals surface area contributed by atoms with E-state index in [-0.39, 0.29) is 0 Å². The van der Waals surface area contributed by atoms with Crippen molar-refractivity contribution in [3.8, 4) is 0 Å². The van der Waals surface area contributed by atoms with Crippen molar-refractivity contribution >= 4 is 33.7 Å². The molecule has 0 aliphatic heterocycles. The summed E-state index contributed by atoms with van der Waals surface area (Å²) in [5, 5.41) is 0.433. The molecule has 0 aliphatic rings. The monoisotopic (exact) mass is 390 g/mol. The summed E-state index contributed by atoms with van der Waals surface area (Å²) >= 11 is 3.69. The van der Waals surface area contributed by atoms with Crippen molar-refractivity contribution in [3.05, 3.63) is 17.5 Å². The molecule has 0 amide bonds. The van der Waals surface area contributed by atoms with E-state index in [1.54, 1.807) is 0 Å². The van der Waals surface area contributed by atoms with Crippen LogP contribution >= 0.6 is 11.6 Å². The maximum absolute atomic E-state index is 6.03. The van der Waals surface area contributed by atoms with Gasteiger partial charge >= 0.3 is 127 Å². The van der Waals surface area contributed by atoms with Gasteiger partial charge in [-0.05, 0) is 0 Å². The van der Waals surface area contributed by atoms with Crippen molar-refractivity contribution in [1.82, 2.24) is 9.97 Å². The Bertz CT molecular complexity index is 363. The SMILES string of the molecule is CCC[CH2][Sn]([CH2]CC)([CH2]CCC)[c]1ccnc(Cl)n1. The molecule has 0 spiro atoms. The summed E-state index contributed by atoms with van der Waals surface area (Å²) < 4.78 is 5.61. The van der Waals surface area contributed by atoms with Crippen molar-refractivity contribution in [3.63, 3.8) is 0 Å². The molecular formula is C15H27ClN2Sn. The van der Waals surface area contributed by atoms with Gasteiger partial charge in [0.25, 0.3) is 0 Å². The van der Waals surface area contributed by atoms with Crippen LogP contribution in [0.2, 0.25) is 18.6 Å². The van der Waals surface area contributed by atoms with E-state index >= 15 is 0 Å². The first kappa shape index (κ1) is 17.2. The third-order valence-corrected chi connectivity index (χ3v) is 19.6. The Balaban J connectivity index is 3.04. The van der Waals surface area contributed by atoms with Crippen molar-refractivity contribution < 1.29 is 0 Å². The molecule has 0 saturated heterocycles. The summed E-state index contributed by atoms with van der Waals surface area (Å²) in [4.78, 5) is 8.68. The summed E-state index contributed by atoms with van der Waals surface area (Å²) in [5.41, 5.74) is 0. The topological polar surface area (TPSA) is 25.8 Å². The molecular weight excluding hydrogens is 362 g/mol. The van der Waals surface area contributed by atoms with Crippen LogP contribution in [0.1, 0.15) is 52.9 Å². The first-order valence-electron chi connectivity index (χ1n) is 7.67. The zero-order valence-electron chi connectivity index (χ0n) is 12.6. The van der Waals surface area contributed by atoms with E-state index in [1.807, 2.05) is 6.20 Å². The van der Waals surface area contributed by atoms with Gasteiger partial charge in [0.2, 0.25) is 0 Å². The van der Waals surface area contributed by atoms with Crippen LogP contribution < -0.4 is 3.71 Å². The van der Waals surface area contributed by atoms with Gasteiger partial charge in [0, 0.05) is 0 Å². The van der Waals surface area contributed by atoms with E-state index in [0.717, 1.165) is 0 Å². The zero-order chi connectivity index (χ0) is 14.1. The standard InChI is InChI=1S/C4H2ClN2.2C4H9.C3H7.Sn/c5-4-6-2-1-3-7-4;2*1-3-4-2;1-3-2;/h1-2H;2*1,3-4H2,2H3;1,3H2,2H3;. The number of hydrogen-bond acceptors (Lipinski definition) is 2. The number of hydrogen-bond donors (Lipinski definition) is 0. The molecule has 0 atom stereocenters. The van der Waals surface area contributed by atoms with Gasteiger partial charge in [-0.25, -0.2) is 0 Å². The first-order valence-corrected chi connectivity index (χ1v) is 15.5. The minimum absolute atomic E-state index is 0.433. The molecule has 0 saturated carbocycles. The van der Waals surface area contributed by atoms with Gasteiger partial charge in [-0.15, -0.1) is 0 Å². The van der Waals surface area contributed by atoms with Crippen LogP contribution in [-0.2, 0) is 0 Å². The summed E-state index contributed by atoms with van der Waals surface area (Å²) in [6.45, 7) is 6.89. The van der Waals surface area contributed by atoms with Crippen molar-refractivity contribution in [2.75, 3.05) is 0 Å². The average Bonchev–Trinajstić information content (AvgIpc) is 2.42. The normalized spacial score (nSPS) is 11.8. The molecule has 1 rings (SSSR count). The number of halogens is 1. The summed E-state index contributed by atoms with van der Waals surface area (Å²) in [7, 11) is 0. The quantitative estimate of drug-likeness (QED) is 0.448. The molecule has 0 fully saturated rings. The maximum atomic E-state index is 6.03. The van der Waals surface area contributed by atoms with E-state index in [1.165, 1.54) is 49.1 Å². The van der Waals surface area contributed by atoms with E-state index in [2.05, 4.69) is 36.8 Å². The number of nitrogens with zero attached hydrogens (tertiary/aromatic N) is 2. The number of aromatic nitrogens is 2. The van der Waals surface area contributed by atoms with Crippen LogP contribution in [0.25, 0.3) is 0 Å². The zero-order valence-corrected chi connectivity index (χ0v) is 16.2. The second kappa shape index (κ2) is 9.17. The fourth-order valence-corrected chi connectivity index (χ4v) is 18.4. The van der Waals surface area contributed by atoms with Crippen molar-refractivity contribution in [2.24, 2.45) is 0 Å². The van der Waals surface area contributed by atoms with Gasteiger partial charge in [0.15, 0.2) is 0 Å². The second-order valence-electron chi connectivity index (χ2n) is 5.45. The number of unbranched alkanes of at least 4 members (excludes halogenated alkanes) is 2. The van der Waals surface area contributed by atoms with E-state index < -0.39 is 18.4 Å². The van der Waals surface area contributed by atoms with Crippen LogP contribution in [-0.4, -0.2) is 28.3 Å². The fraction of sp³-hybridized carbons (Fsp3) is 0.733. The third kappa shape index (κ3) is 5.22. The Hall–Kier alpha value is 0.169. The fourth-order valence-electron chi connectivity index (χ4n) is 2.90. The summed E-state index contributed by atoms with van der Waals surface area (Å²) in [5.74, 6) is 0. The Morgan fingerprint density at radius 3 is 2.11 bits per heavy atom. The molecule has 1 aromatic heterocycles. The van der Waals surface area contributed by atoms with E-state index in [9.17, 15) is 0 Å². The molecule has 0 aromatic carbocycles. The predicted molar refractivity (Wildman–Crippen MR) is 87.0 cm³/mol. The van der Waals surface area contributed by atoms with E-state index in [4.69, 9.17) is 11.6 Å². The first-order chi connectivity index (χ1) is 9.18. The molecule has 0 N–H and O–H groups in total.